The zero-order valence-corrected chi connectivity index (χ0v) is 8.97. The van der Waals surface area contributed by atoms with Crippen molar-refractivity contribution in [1.82, 2.24) is 5.32 Å². The highest BCUT2D eigenvalue weighted by molar-refractivity contribution is 4.98. The van der Waals surface area contributed by atoms with E-state index in [0.29, 0.717) is 6.04 Å². The van der Waals surface area contributed by atoms with E-state index in [1.807, 2.05) is 0 Å². The van der Waals surface area contributed by atoms with E-state index >= 15 is 0 Å². The number of allylic oxidation sites excluding steroid dienone is 1. The second-order valence-electron chi connectivity index (χ2n) is 4.31. The number of hydrogen-bond acceptors (Lipinski definition) is 2. The van der Waals surface area contributed by atoms with Crippen LogP contribution in [-0.2, 0) is 4.74 Å². The number of rotatable bonds is 4. The Morgan fingerprint density at radius 1 is 1.54 bits per heavy atom. The van der Waals surface area contributed by atoms with Gasteiger partial charge in [-0.2, -0.15) is 0 Å². The van der Waals surface area contributed by atoms with Crippen molar-refractivity contribution in [3.8, 4) is 0 Å². The molecule has 0 amide bonds. The molecule has 1 atom stereocenters. The molecule has 0 fully saturated rings. The molecule has 0 aliphatic heterocycles. The topological polar surface area (TPSA) is 21.3 Å². The van der Waals surface area contributed by atoms with E-state index in [4.69, 9.17) is 4.74 Å². The average molecular weight is 183 g/mol. The van der Waals surface area contributed by atoms with Gasteiger partial charge in [-0.15, -0.1) is 0 Å². The molecule has 0 saturated heterocycles. The molecule has 13 heavy (non-hydrogen) atoms. The molecule has 1 unspecified atom stereocenters. The molecule has 0 aromatic rings. The summed E-state index contributed by atoms with van der Waals surface area (Å²) in [5, 5.41) is 3.50. The van der Waals surface area contributed by atoms with Crippen LogP contribution in [0.15, 0.2) is 12.2 Å². The fourth-order valence-electron chi connectivity index (χ4n) is 1.43. The Labute approximate surface area is 81.4 Å². The van der Waals surface area contributed by atoms with Crippen LogP contribution in [0.3, 0.4) is 0 Å². The second-order valence-corrected chi connectivity index (χ2v) is 4.31. The zero-order valence-electron chi connectivity index (χ0n) is 8.97. The Bertz CT molecular complexity index is 175. The molecule has 0 saturated carbocycles. The first-order valence-electron chi connectivity index (χ1n) is 5.09. The Morgan fingerprint density at radius 3 is 2.85 bits per heavy atom. The molecule has 0 radical (unpaired) electrons. The summed E-state index contributed by atoms with van der Waals surface area (Å²) in [5.74, 6) is 0. The maximum absolute atomic E-state index is 5.34. The third kappa shape index (κ3) is 3.92. The molecule has 2 heteroatoms. The van der Waals surface area contributed by atoms with Gasteiger partial charge < -0.3 is 10.1 Å². The highest BCUT2D eigenvalue weighted by Crippen LogP contribution is 2.12. The van der Waals surface area contributed by atoms with E-state index in [1.165, 1.54) is 19.3 Å². The van der Waals surface area contributed by atoms with Crippen LogP contribution in [0.25, 0.3) is 0 Å². The fraction of sp³-hybridized carbons (Fsp3) is 0.818. The molecule has 0 spiro atoms. The third-order valence-corrected chi connectivity index (χ3v) is 2.60. The summed E-state index contributed by atoms with van der Waals surface area (Å²) in [4.78, 5) is 0. The van der Waals surface area contributed by atoms with E-state index in [2.05, 4.69) is 31.3 Å². The van der Waals surface area contributed by atoms with Crippen LogP contribution < -0.4 is 5.32 Å². The smallest absolute Gasteiger partial charge is 0.0746 e. The first kappa shape index (κ1) is 10.7. The van der Waals surface area contributed by atoms with Crippen LogP contribution in [-0.4, -0.2) is 25.3 Å². The highest BCUT2D eigenvalue weighted by atomic mass is 16.5. The molecule has 2 nitrogen and oxygen atoms in total. The molecule has 76 valence electrons. The highest BCUT2D eigenvalue weighted by Gasteiger charge is 2.17. The van der Waals surface area contributed by atoms with Crippen LogP contribution >= 0.6 is 0 Å². The Kier molecular flexibility index (Phi) is 3.94. The summed E-state index contributed by atoms with van der Waals surface area (Å²) in [6.45, 7) is 5.12. The van der Waals surface area contributed by atoms with E-state index in [-0.39, 0.29) is 5.60 Å². The van der Waals surface area contributed by atoms with E-state index in [0.717, 1.165) is 6.54 Å². The predicted octanol–water partition coefficient (Wildman–Crippen LogP) is 2.11. The van der Waals surface area contributed by atoms with Gasteiger partial charge in [-0.05, 0) is 33.1 Å². The number of nitrogens with one attached hydrogen (secondary N) is 1. The van der Waals surface area contributed by atoms with Crippen molar-refractivity contribution in [1.29, 1.82) is 0 Å². The van der Waals surface area contributed by atoms with Gasteiger partial charge in [0.25, 0.3) is 0 Å². The summed E-state index contributed by atoms with van der Waals surface area (Å²) in [6.07, 6.45) is 8.35. The quantitative estimate of drug-likeness (QED) is 0.674. The third-order valence-electron chi connectivity index (χ3n) is 2.60. The lowest BCUT2D eigenvalue weighted by Gasteiger charge is -2.27. The summed E-state index contributed by atoms with van der Waals surface area (Å²) >= 11 is 0. The summed E-state index contributed by atoms with van der Waals surface area (Å²) in [5.41, 5.74) is -0.0503. The number of methoxy groups -OCH3 is 1. The van der Waals surface area contributed by atoms with Crippen LogP contribution in [0.2, 0.25) is 0 Å². The van der Waals surface area contributed by atoms with Crippen molar-refractivity contribution >= 4 is 0 Å². The zero-order chi connectivity index (χ0) is 9.73. The van der Waals surface area contributed by atoms with Gasteiger partial charge >= 0.3 is 0 Å². The molecule has 0 aromatic carbocycles. The summed E-state index contributed by atoms with van der Waals surface area (Å²) in [7, 11) is 1.76. The van der Waals surface area contributed by atoms with Crippen LogP contribution in [0, 0.1) is 0 Å². The Balaban J connectivity index is 2.25. The fourth-order valence-corrected chi connectivity index (χ4v) is 1.43. The van der Waals surface area contributed by atoms with Crippen molar-refractivity contribution in [3.05, 3.63) is 12.2 Å². The van der Waals surface area contributed by atoms with E-state index in [9.17, 15) is 0 Å². The Hall–Kier alpha value is -0.340. The van der Waals surface area contributed by atoms with Gasteiger partial charge in [0.1, 0.15) is 0 Å². The molecular formula is C11H21NO. The molecule has 1 rings (SSSR count). The van der Waals surface area contributed by atoms with Crippen molar-refractivity contribution in [3.63, 3.8) is 0 Å². The second kappa shape index (κ2) is 4.77. The average Bonchev–Trinajstić information content (AvgIpc) is 2.17. The minimum atomic E-state index is -0.0503. The van der Waals surface area contributed by atoms with Gasteiger partial charge in [-0.25, -0.2) is 0 Å². The SMILES string of the molecule is COC(C)(C)CNC1C=CCCC1. The van der Waals surface area contributed by atoms with Crippen molar-refractivity contribution in [2.45, 2.75) is 44.8 Å². The van der Waals surface area contributed by atoms with Crippen molar-refractivity contribution in [2.24, 2.45) is 0 Å². The van der Waals surface area contributed by atoms with Crippen LogP contribution in [0.4, 0.5) is 0 Å². The van der Waals surface area contributed by atoms with Gasteiger partial charge in [0.15, 0.2) is 0 Å². The van der Waals surface area contributed by atoms with E-state index < -0.39 is 0 Å². The minimum absolute atomic E-state index is 0.0503. The molecule has 0 aromatic heterocycles. The maximum atomic E-state index is 5.34. The molecular weight excluding hydrogens is 162 g/mol. The minimum Gasteiger partial charge on any atom is -0.377 e. The first-order valence-corrected chi connectivity index (χ1v) is 5.09. The number of hydrogen-bond donors (Lipinski definition) is 1. The largest absolute Gasteiger partial charge is 0.377 e. The normalized spacial score (nSPS) is 23.5. The van der Waals surface area contributed by atoms with Crippen LogP contribution in [0.5, 0.6) is 0 Å². The molecule has 0 heterocycles. The van der Waals surface area contributed by atoms with Gasteiger partial charge in [0.05, 0.1) is 5.60 Å². The standard InChI is InChI=1S/C11H21NO/c1-11(2,13-3)9-12-10-7-5-4-6-8-10/h5,7,10,12H,4,6,8-9H2,1-3H3. The lowest BCUT2D eigenvalue weighted by atomic mass is 10.0. The first-order chi connectivity index (χ1) is 6.14. The van der Waals surface area contributed by atoms with Crippen molar-refractivity contribution in [2.75, 3.05) is 13.7 Å². The molecule has 1 N–H and O–H groups in total. The van der Waals surface area contributed by atoms with E-state index in [1.54, 1.807) is 7.11 Å². The number of ether oxygens (including phenoxy) is 1. The molecule has 0 bridgehead atoms. The lowest BCUT2D eigenvalue weighted by molar-refractivity contribution is 0.0218. The van der Waals surface area contributed by atoms with Gasteiger partial charge in [-0.3, -0.25) is 0 Å². The van der Waals surface area contributed by atoms with Crippen LogP contribution in [0.1, 0.15) is 33.1 Å². The maximum Gasteiger partial charge on any atom is 0.0746 e. The molecule has 1 aliphatic rings. The predicted molar refractivity (Wildman–Crippen MR) is 55.9 cm³/mol. The molecule has 1 aliphatic carbocycles. The Morgan fingerprint density at radius 2 is 2.31 bits per heavy atom. The van der Waals surface area contributed by atoms with Gasteiger partial charge in [-0.1, -0.05) is 12.2 Å². The van der Waals surface area contributed by atoms with Crippen molar-refractivity contribution < 1.29 is 4.74 Å². The monoisotopic (exact) mass is 183 g/mol. The van der Waals surface area contributed by atoms with Gasteiger partial charge in [0, 0.05) is 19.7 Å². The summed E-state index contributed by atoms with van der Waals surface area (Å²) in [6, 6.07) is 0.558. The lowest BCUT2D eigenvalue weighted by Crippen LogP contribution is -2.41. The summed E-state index contributed by atoms with van der Waals surface area (Å²) < 4.78 is 5.34. The van der Waals surface area contributed by atoms with Gasteiger partial charge in [0.2, 0.25) is 0 Å².